The van der Waals surface area contributed by atoms with Crippen LogP contribution in [0, 0.1) is 0 Å². The molecule has 1 amide bonds. The van der Waals surface area contributed by atoms with Gasteiger partial charge in [0, 0.05) is 32.9 Å². The standard InChI is InChI=1S/C14H19N3O3.C2HF3O2/c1-16(9-6-13(18)19)14(20)11-4-5-12(15-10-11)17-7-2-3-8-17;3-2(4,5)1(6)7/h4-5,10H,2-3,6-9H2,1H3,(H,18,19);(H,6,7). The number of carboxylic acid groups (broad SMARTS) is 2. The SMILES string of the molecule is CN(CCC(=O)O)C(=O)c1ccc(N2CCCC2)nc1.O=C(O)C(F)(F)F. The van der Waals surface area contributed by atoms with E-state index in [9.17, 15) is 22.8 Å². The maximum atomic E-state index is 12.1. The molecule has 0 saturated carbocycles. The van der Waals surface area contributed by atoms with Crippen LogP contribution in [0.5, 0.6) is 0 Å². The lowest BCUT2D eigenvalue weighted by Gasteiger charge is -2.18. The Balaban J connectivity index is 0.000000445. The first-order chi connectivity index (χ1) is 12.5. The van der Waals surface area contributed by atoms with Crippen molar-refractivity contribution in [2.75, 3.05) is 31.6 Å². The van der Waals surface area contributed by atoms with Gasteiger partial charge in [0.05, 0.1) is 12.0 Å². The van der Waals surface area contributed by atoms with Gasteiger partial charge in [0.2, 0.25) is 0 Å². The molecule has 0 spiro atoms. The van der Waals surface area contributed by atoms with Crippen molar-refractivity contribution in [1.82, 2.24) is 9.88 Å². The van der Waals surface area contributed by atoms with Crippen molar-refractivity contribution in [1.29, 1.82) is 0 Å². The third-order valence-corrected chi connectivity index (χ3v) is 3.68. The molecule has 8 nitrogen and oxygen atoms in total. The minimum Gasteiger partial charge on any atom is -0.481 e. The van der Waals surface area contributed by atoms with Gasteiger partial charge in [-0.05, 0) is 25.0 Å². The molecule has 1 aromatic heterocycles. The number of aliphatic carboxylic acids is 2. The molecule has 2 rings (SSSR count). The number of aromatic nitrogens is 1. The van der Waals surface area contributed by atoms with Gasteiger partial charge in [-0.3, -0.25) is 9.59 Å². The van der Waals surface area contributed by atoms with E-state index in [1.165, 1.54) is 17.7 Å². The summed E-state index contributed by atoms with van der Waals surface area (Å²) < 4.78 is 31.7. The van der Waals surface area contributed by atoms with Crippen LogP contribution in [0.15, 0.2) is 18.3 Å². The molecule has 0 aromatic carbocycles. The largest absolute Gasteiger partial charge is 0.490 e. The molecule has 150 valence electrons. The molecule has 0 radical (unpaired) electrons. The van der Waals surface area contributed by atoms with E-state index in [4.69, 9.17) is 15.0 Å². The topological polar surface area (TPSA) is 111 Å². The highest BCUT2D eigenvalue weighted by molar-refractivity contribution is 5.94. The number of carbonyl (C=O) groups is 3. The Morgan fingerprint density at radius 1 is 1.19 bits per heavy atom. The van der Waals surface area contributed by atoms with Crippen LogP contribution in [0.25, 0.3) is 0 Å². The molecule has 0 bridgehead atoms. The zero-order chi connectivity index (χ0) is 20.6. The van der Waals surface area contributed by atoms with E-state index >= 15 is 0 Å². The van der Waals surface area contributed by atoms with Crippen molar-refractivity contribution < 1.29 is 37.8 Å². The number of nitrogens with zero attached hydrogens (tertiary/aromatic N) is 3. The molecule has 1 aliphatic heterocycles. The van der Waals surface area contributed by atoms with Crippen LogP contribution in [0.2, 0.25) is 0 Å². The Bertz CT molecular complexity index is 658. The first kappa shape index (κ1) is 22.2. The van der Waals surface area contributed by atoms with Crippen LogP contribution in [0.1, 0.15) is 29.6 Å². The molecule has 0 aliphatic carbocycles. The Morgan fingerprint density at radius 3 is 2.15 bits per heavy atom. The van der Waals surface area contributed by atoms with Crippen LogP contribution < -0.4 is 4.90 Å². The number of rotatable bonds is 5. The van der Waals surface area contributed by atoms with Gasteiger partial charge in [0.1, 0.15) is 5.82 Å². The molecular weight excluding hydrogens is 371 g/mol. The molecule has 2 N–H and O–H groups in total. The van der Waals surface area contributed by atoms with E-state index in [0.717, 1.165) is 18.9 Å². The first-order valence-corrected chi connectivity index (χ1v) is 8.00. The maximum absolute atomic E-state index is 12.1. The van der Waals surface area contributed by atoms with Gasteiger partial charge in [-0.25, -0.2) is 9.78 Å². The van der Waals surface area contributed by atoms with Crippen molar-refractivity contribution in [3.05, 3.63) is 23.9 Å². The summed E-state index contributed by atoms with van der Waals surface area (Å²) in [6, 6.07) is 3.60. The highest BCUT2D eigenvalue weighted by Gasteiger charge is 2.38. The molecule has 1 aliphatic rings. The Labute approximate surface area is 153 Å². The zero-order valence-corrected chi connectivity index (χ0v) is 14.6. The van der Waals surface area contributed by atoms with Crippen LogP contribution in [-0.2, 0) is 9.59 Å². The molecule has 1 saturated heterocycles. The predicted octanol–water partition coefficient (Wildman–Crippen LogP) is 1.86. The van der Waals surface area contributed by atoms with Crippen molar-refractivity contribution in [3.8, 4) is 0 Å². The number of anilines is 1. The molecule has 27 heavy (non-hydrogen) atoms. The monoisotopic (exact) mass is 391 g/mol. The first-order valence-electron chi connectivity index (χ1n) is 8.00. The Kier molecular flexibility index (Phi) is 8.00. The minimum atomic E-state index is -5.08. The number of hydrogen-bond donors (Lipinski definition) is 2. The average molecular weight is 391 g/mol. The van der Waals surface area contributed by atoms with Crippen LogP contribution >= 0.6 is 0 Å². The molecule has 2 heterocycles. The second-order valence-corrected chi connectivity index (χ2v) is 5.77. The molecule has 11 heteroatoms. The third-order valence-electron chi connectivity index (χ3n) is 3.68. The molecule has 0 atom stereocenters. The average Bonchev–Trinajstić information content (AvgIpc) is 3.13. The smallest absolute Gasteiger partial charge is 0.481 e. The summed E-state index contributed by atoms with van der Waals surface area (Å²) in [5.41, 5.74) is 0.487. The second-order valence-electron chi connectivity index (χ2n) is 5.77. The van der Waals surface area contributed by atoms with Gasteiger partial charge in [-0.15, -0.1) is 0 Å². The van der Waals surface area contributed by atoms with Gasteiger partial charge >= 0.3 is 18.1 Å². The summed E-state index contributed by atoms with van der Waals surface area (Å²) >= 11 is 0. The van der Waals surface area contributed by atoms with E-state index in [1.54, 1.807) is 19.3 Å². The molecule has 1 fully saturated rings. The third kappa shape index (κ3) is 7.50. The van der Waals surface area contributed by atoms with Crippen molar-refractivity contribution in [2.24, 2.45) is 0 Å². The van der Waals surface area contributed by atoms with Crippen LogP contribution in [0.4, 0.5) is 19.0 Å². The fraction of sp³-hybridized carbons (Fsp3) is 0.500. The summed E-state index contributed by atoms with van der Waals surface area (Å²) in [6.45, 7) is 2.22. The number of halogens is 3. The fourth-order valence-corrected chi connectivity index (χ4v) is 2.23. The summed E-state index contributed by atoms with van der Waals surface area (Å²) in [7, 11) is 1.60. The lowest BCUT2D eigenvalue weighted by Crippen LogP contribution is -2.29. The number of amides is 1. The summed E-state index contributed by atoms with van der Waals surface area (Å²) in [6.07, 6.45) is -1.21. The molecule has 1 aromatic rings. The highest BCUT2D eigenvalue weighted by atomic mass is 19.4. The Hall–Kier alpha value is -2.85. The zero-order valence-electron chi connectivity index (χ0n) is 14.6. The van der Waals surface area contributed by atoms with E-state index in [0.29, 0.717) is 5.56 Å². The number of hydrogen-bond acceptors (Lipinski definition) is 5. The van der Waals surface area contributed by atoms with Crippen molar-refractivity contribution in [3.63, 3.8) is 0 Å². The number of carboxylic acids is 2. The van der Waals surface area contributed by atoms with Crippen molar-refractivity contribution in [2.45, 2.75) is 25.4 Å². The lowest BCUT2D eigenvalue weighted by atomic mass is 10.2. The van der Waals surface area contributed by atoms with E-state index in [1.807, 2.05) is 6.07 Å². The highest BCUT2D eigenvalue weighted by Crippen LogP contribution is 2.18. The minimum absolute atomic E-state index is 0.0540. The van der Waals surface area contributed by atoms with Gasteiger partial charge in [-0.2, -0.15) is 13.2 Å². The fourth-order valence-electron chi connectivity index (χ4n) is 2.23. The van der Waals surface area contributed by atoms with Crippen LogP contribution in [0.3, 0.4) is 0 Å². The number of carbonyl (C=O) groups excluding carboxylic acids is 1. The van der Waals surface area contributed by atoms with Gasteiger partial charge in [-0.1, -0.05) is 0 Å². The van der Waals surface area contributed by atoms with Crippen LogP contribution in [-0.4, -0.2) is 70.8 Å². The van der Waals surface area contributed by atoms with Gasteiger partial charge in [0.15, 0.2) is 0 Å². The van der Waals surface area contributed by atoms with E-state index < -0.39 is 18.1 Å². The number of alkyl halides is 3. The van der Waals surface area contributed by atoms with E-state index in [2.05, 4.69) is 9.88 Å². The molecule has 0 unspecified atom stereocenters. The predicted molar refractivity (Wildman–Crippen MR) is 88.6 cm³/mol. The Morgan fingerprint density at radius 2 is 1.74 bits per heavy atom. The summed E-state index contributed by atoms with van der Waals surface area (Å²) in [4.78, 5) is 39.4. The summed E-state index contributed by atoms with van der Waals surface area (Å²) in [5, 5.41) is 15.7. The van der Waals surface area contributed by atoms with Crippen molar-refractivity contribution >= 4 is 23.7 Å². The second kappa shape index (κ2) is 9.74. The molecular formula is C16H20F3N3O5. The van der Waals surface area contributed by atoms with Gasteiger partial charge in [0.25, 0.3) is 5.91 Å². The summed E-state index contributed by atoms with van der Waals surface area (Å²) in [5.74, 6) is -2.97. The lowest BCUT2D eigenvalue weighted by molar-refractivity contribution is -0.192. The number of pyridine rings is 1. The maximum Gasteiger partial charge on any atom is 0.490 e. The quantitative estimate of drug-likeness (QED) is 0.788. The van der Waals surface area contributed by atoms with E-state index in [-0.39, 0.29) is 18.9 Å². The normalized spacial score (nSPS) is 13.6. The van der Waals surface area contributed by atoms with Gasteiger partial charge < -0.3 is 20.0 Å².